The zero-order chi connectivity index (χ0) is 10.3. The standard InChI is InChI=1S/C10H13N3OS/c14-7-8-3-12(4-8)5-9-6-13-1-2-15-10(13)11-9/h1-2,6,8,14H,3-5,7H2. The van der Waals surface area contributed by atoms with Crippen LogP contribution in [0.4, 0.5) is 0 Å². The summed E-state index contributed by atoms with van der Waals surface area (Å²) in [5, 5.41) is 10.9. The maximum absolute atomic E-state index is 8.91. The Morgan fingerprint density at radius 2 is 2.40 bits per heavy atom. The fourth-order valence-electron chi connectivity index (χ4n) is 2.00. The number of hydrogen-bond donors (Lipinski definition) is 1. The molecule has 0 bridgehead atoms. The van der Waals surface area contributed by atoms with E-state index >= 15 is 0 Å². The fourth-order valence-corrected chi connectivity index (χ4v) is 2.72. The van der Waals surface area contributed by atoms with E-state index in [1.165, 1.54) is 0 Å². The lowest BCUT2D eigenvalue weighted by atomic mass is 10.0. The van der Waals surface area contributed by atoms with Gasteiger partial charge in [-0.1, -0.05) is 0 Å². The lowest BCUT2D eigenvalue weighted by molar-refractivity contribution is 0.0471. The molecule has 15 heavy (non-hydrogen) atoms. The first-order valence-corrected chi connectivity index (χ1v) is 5.97. The van der Waals surface area contributed by atoms with Crippen LogP contribution in [0, 0.1) is 5.92 Å². The Morgan fingerprint density at radius 1 is 1.53 bits per heavy atom. The predicted molar refractivity (Wildman–Crippen MR) is 58.9 cm³/mol. The molecule has 0 amide bonds. The molecule has 3 heterocycles. The first-order valence-electron chi connectivity index (χ1n) is 5.09. The largest absolute Gasteiger partial charge is 0.396 e. The normalized spacial score (nSPS) is 18.5. The van der Waals surface area contributed by atoms with Gasteiger partial charge in [-0.15, -0.1) is 11.3 Å². The molecule has 5 heteroatoms. The highest BCUT2D eigenvalue weighted by molar-refractivity contribution is 7.15. The van der Waals surface area contributed by atoms with Gasteiger partial charge in [-0.3, -0.25) is 9.30 Å². The number of fused-ring (bicyclic) bond motifs is 1. The number of rotatable bonds is 3. The van der Waals surface area contributed by atoms with Crippen LogP contribution >= 0.6 is 11.3 Å². The molecule has 2 aromatic rings. The van der Waals surface area contributed by atoms with Crippen molar-refractivity contribution in [3.05, 3.63) is 23.5 Å². The average Bonchev–Trinajstić information content (AvgIpc) is 2.69. The maximum atomic E-state index is 8.91. The van der Waals surface area contributed by atoms with Crippen molar-refractivity contribution in [2.75, 3.05) is 19.7 Å². The highest BCUT2D eigenvalue weighted by Crippen LogP contribution is 2.19. The fraction of sp³-hybridized carbons (Fsp3) is 0.500. The molecule has 4 nitrogen and oxygen atoms in total. The topological polar surface area (TPSA) is 40.8 Å². The predicted octanol–water partition coefficient (Wildman–Crippen LogP) is 0.820. The quantitative estimate of drug-likeness (QED) is 0.837. The molecule has 0 radical (unpaired) electrons. The van der Waals surface area contributed by atoms with Gasteiger partial charge >= 0.3 is 0 Å². The van der Waals surface area contributed by atoms with Gasteiger partial charge in [0.15, 0.2) is 4.96 Å². The molecule has 0 unspecified atom stereocenters. The number of likely N-dealkylation sites (tertiary alicyclic amines) is 1. The van der Waals surface area contributed by atoms with E-state index in [4.69, 9.17) is 5.11 Å². The zero-order valence-corrected chi connectivity index (χ0v) is 9.15. The first kappa shape index (κ1) is 9.33. The summed E-state index contributed by atoms with van der Waals surface area (Å²) in [5.41, 5.74) is 1.12. The molecule has 1 fully saturated rings. The highest BCUT2D eigenvalue weighted by Gasteiger charge is 2.26. The second-order valence-corrected chi connectivity index (χ2v) is 4.94. The summed E-state index contributed by atoms with van der Waals surface area (Å²) in [5.74, 6) is 0.480. The molecule has 0 saturated carbocycles. The summed E-state index contributed by atoms with van der Waals surface area (Å²) in [6, 6.07) is 0. The summed E-state index contributed by atoms with van der Waals surface area (Å²) in [6.45, 7) is 3.23. The molecule has 3 rings (SSSR count). The van der Waals surface area contributed by atoms with Crippen molar-refractivity contribution in [3.8, 4) is 0 Å². The third-order valence-electron chi connectivity index (χ3n) is 2.82. The Balaban J connectivity index is 1.66. The molecule has 0 aromatic carbocycles. The molecule has 0 spiro atoms. The van der Waals surface area contributed by atoms with Crippen LogP contribution in [0.5, 0.6) is 0 Å². The van der Waals surface area contributed by atoms with Crippen LogP contribution in [0.2, 0.25) is 0 Å². The molecule has 1 aliphatic heterocycles. The van der Waals surface area contributed by atoms with Gasteiger partial charge in [-0.2, -0.15) is 0 Å². The van der Waals surface area contributed by atoms with Gasteiger partial charge < -0.3 is 5.11 Å². The second kappa shape index (κ2) is 3.59. The van der Waals surface area contributed by atoms with E-state index in [0.29, 0.717) is 12.5 Å². The minimum absolute atomic E-state index is 0.314. The summed E-state index contributed by atoms with van der Waals surface area (Å²) < 4.78 is 2.06. The second-order valence-electron chi connectivity index (χ2n) is 4.07. The van der Waals surface area contributed by atoms with Crippen molar-refractivity contribution in [2.24, 2.45) is 5.92 Å². The van der Waals surface area contributed by atoms with Gasteiger partial charge in [0.2, 0.25) is 0 Å². The van der Waals surface area contributed by atoms with Crippen LogP contribution < -0.4 is 0 Å². The van der Waals surface area contributed by atoms with Crippen molar-refractivity contribution in [2.45, 2.75) is 6.54 Å². The van der Waals surface area contributed by atoms with Crippen molar-refractivity contribution >= 4 is 16.3 Å². The molecular weight excluding hydrogens is 210 g/mol. The average molecular weight is 223 g/mol. The van der Waals surface area contributed by atoms with Crippen LogP contribution in [0.3, 0.4) is 0 Å². The van der Waals surface area contributed by atoms with Gasteiger partial charge in [-0.25, -0.2) is 4.98 Å². The lowest BCUT2D eigenvalue weighted by Crippen LogP contribution is -2.47. The third kappa shape index (κ3) is 1.67. The Morgan fingerprint density at radius 3 is 3.13 bits per heavy atom. The molecule has 0 atom stereocenters. The molecule has 2 aromatic heterocycles. The van der Waals surface area contributed by atoms with Gasteiger partial charge in [0, 0.05) is 49.9 Å². The zero-order valence-electron chi connectivity index (χ0n) is 8.33. The SMILES string of the molecule is OCC1CN(Cc2cn3ccsc3n2)C1. The number of aliphatic hydroxyl groups excluding tert-OH is 1. The van der Waals surface area contributed by atoms with Gasteiger partial charge in [-0.05, 0) is 0 Å². The third-order valence-corrected chi connectivity index (χ3v) is 3.59. The van der Waals surface area contributed by atoms with Gasteiger partial charge in [0.1, 0.15) is 0 Å². The van der Waals surface area contributed by atoms with E-state index in [9.17, 15) is 0 Å². The van der Waals surface area contributed by atoms with E-state index in [-0.39, 0.29) is 0 Å². The number of thiazole rings is 1. The monoisotopic (exact) mass is 223 g/mol. The molecule has 0 aliphatic carbocycles. The number of imidazole rings is 1. The number of nitrogens with zero attached hydrogens (tertiary/aromatic N) is 3. The Bertz CT molecular complexity index is 429. The summed E-state index contributed by atoms with van der Waals surface area (Å²) >= 11 is 1.66. The van der Waals surface area contributed by atoms with Crippen molar-refractivity contribution < 1.29 is 5.11 Å². The molecular formula is C10H13N3OS. The van der Waals surface area contributed by atoms with Crippen molar-refractivity contribution in [1.29, 1.82) is 0 Å². The van der Waals surface area contributed by atoms with Crippen LogP contribution in [-0.2, 0) is 6.54 Å². The van der Waals surface area contributed by atoms with E-state index in [0.717, 1.165) is 30.3 Å². The van der Waals surface area contributed by atoms with Crippen LogP contribution in [0.1, 0.15) is 5.69 Å². The van der Waals surface area contributed by atoms with E-state index in [2.05, 4.69) is 20.5 Å². The molecule has 1 N–H and O–H groups in total. The van der Waals surface area contributed by atoms with Crippen LogP contribution in [0.15, 0.2) is 17.8 Å². The Labute approximate surface area is 91.8 Å². The van der Waals surface area contributed by atoms with E-state index in [1.54, 1.807) is 11.3 Å². The lowest BCUT2D eigenvalue weighted by Gasteiger charge is -2.37. The Kier molecular flexibility index (Phi) is 2.23. The van der Waals surface area contributed by atoms with Gasteiger partial charge in [0.25, 0.3) is 0 Å². The molecule has 1 saturated heterocycles. The van der Waals surface area contributed by atoms with Gasteiger partial charge in [0.05, 0.1) is 5.69 Å². The number of aromatic nitrogens is 2. The number of aliphatic hydroxyl groups is 1. The summed E-state index contributed by atoms with van der Waals surface area (Å²) in [6.07, 6.45) is 4.11. The van der Waals surface area contributed by atoms with Crippen molar-refractivity contribution in [1.82, 2.24) is 14.3 Å². The summed E-state index contributed by atoms with van der Waals surface area (Å²) in [4.78, 5) is 7.90. The highest BCUT2D eigenvalue weighted by atomic mass is 32.1. The summed E-state index contributed by atoms with van der Waals surface area (Å²) in [7, 11) is 0. The van der Waals surface area contributed by atoms with E-state index in [1.807, 2.05) is 11.6 Å². The number of hydrogen-bond acceptors (Lipinski definition) is 4. The van der Waals surface area contributed by atoms with Crippen molar-refractivity contribution in [3.63, 3.8) is 0 Å². The minimum Gasteiger partial charge on any atom is -0.396 e. The van der Waals surface area contributed by atoms with Crippen LogP contribution in [-0.4, -0.2) is 39.1 Å². The Hall–Kier alpha value is -0.910. The maximum Gasteiger partial charge on any atom is 0.193 e. The smallest absolute Gasteiger partial charge is 0.193 e. The molecule has 80 valence electrons. The van der Waals surface area contributed by atoms with Crippen LogP contribution in [0.25, 0.3) is 4.96 Å². The molecule has 1 aliphatic rings. The first-order chi connectivity index (χ1) is 7.35. The minimum atomic E-state index is 0.314. The van der Waals surface area contributed by atoms with E-state index < -0.39 is 0 Å².